The molecule has 3 rings (SSSR count). The van der Waals surface area contributed by atoms with Crippen LogP contribution in [0.25, 0.3) is 0 Å². The van der Waals surface area contributed by atoms with Crippen molar-refractivity contribution in [3.05, 3.63) is 53.6 Å². The van der Waals surface area contributed by atoms with Crippen molar-refractivity contribution in [1.29, 1.82) is 0 Å². The van der Waals surface area contributed by atoms with Gasteiger partial charge < -0.3 is 24.3 Å². The van der Waals surface area contributed by atoms with Crippen LogP contribution in [0.3, 0.4) is 0 Å². The number of guanidine groups is 1. The van der Waals surface area contributed by atoms with Crippen molar-refractivity contribution in [2.45, 2.75) is 52.3 Å². The molecule has 2 aromatic rings. The minimum absolute atomic E-state index is 0. The highest BCUT2D eigenvalue weighted by Crippen LogP contribution is 2.15. The Balaban J connectivity index is 0.00000363. The second-order valence-corrected chi connectivity index (χ2v) is 8.00. The summed E-state index contributed by atoms with van der Waals surface area (Å²) in [6, 6.07) is 8.67. The summed E-state index contributed by atoms with van der Waals surface area (Å²) in [6.45, 7) is 10.0. The van der Waals surface area contributed by atoms with Gasteiger partial charge in [0, 0.05) is 58.9 Å². The Hall–Kier alpha value is -1.65. The third kappa shape index (κ3) is 8.37. The molecular weight excluding hydrogens is 517 g/mol. The first-order chi connectivity index (χ1) is 15.2. The lowest BCUT2D eigenvalue weighted by atomic mass is 10.1. The second kappa shape index (κ2) is 14.5. The van der Waals surface area contributed by atoms with Crippen molar-refractivity contribution < 1.29 is 9.47 Å². The zero-order valence-electron chi connectivity index (χ0n) is 19.6. The van der Waals surface area contributed by atoms with Crippen LogP contribution >= 0.6 is 24.0 Å². The summed E-state index contributed by atoms with van der Waals surface area (Å²) in [5.74, 6) is 2.03. The number of benzene rings is 1. The van der Waals surface area contributed by atoms with Gasteiger partial charge in [0.2, 0.25) is 0 Å². The third-order valence-corrected chi connectivity index (χ3v) is 5.60. The van der Waals surface area contributed by atoms with E-state index < -0.39 is 0 Å². The van der Waals surface area contributed by atoms with Gasteiger partial charge in [0.05, 0.1) is 12.6 Å². The quantitative estimate of drug-likeness (QED) is 0.209. The van der Waals surface area contributed by atoms with Gasteiger partial charge in [-0.05, 0) is 44.2 Å². The largest absolute Gasteiger partial charge is 0.385 e. The van der Waals surface area contributed by atoms with Crippen molar-refractivity contribution in [3.8, 4) is 0 Å². The van der Waals surface area contributed by atoms with Crippen LogP contribution in [-0.2, 0) is 22.6 Å². The van der Waals surface area contributed by atoms with E-state index in [-0.39, 0.29) is 24.0 Å². The number of nitrogens with one attached hydrogen (secondary N) is 1. The number of aryl methyl sites for hydroxylation is 1. The molecule has 1 aliphatic heterocycles. The zero-order chi connectivity index (χ0) is 21.9. The monoisotopic (exact) mass is 555 g/mol. The molecule has 1 aromatic heterocycles. The van der Waals surface area contributed by atoms with E-state index in [9.17, 15) is 0 Å². The number of methoxy groups -OCH3 is 1. The highest BCUT2D eigenvalue weighted by Gasteiger charge is 2.21. The van der Waals surface area contributed by atoms with Gasteiger partial charge in [0.15, 0.2) is 5.96 Å². The first kappa shape index (κ1) is 26.6. The Morgan fingerprint density at radius 1 is 1.22 bits per heavy atom. The maximum Gasteiger partial charge on any atom is 0.194 e. The molecule has 1 saturated heterocycles. The van der Waals surface area contributed by atoms with Crippen LogP contribution in [0.15, 0.2) is 41.7 Å². The SMILES string of the molecule is CCNC(=NCc1cccc(Cn2ccnc2C)c1)N1CCC(OCCCOC)CC1.I. The Morgan fingerprint density at radius 3 is 2.69 bits per heavy atom. The Labute approximate surface area is 209 Å². The number of aromatic nitrogens is 2. The van der Waals surface area contributed by atoms with E-state index in [1.165, 1.54) is 11.1 Å². The average Bonchev–Trinajstić information content (AvgIpc) is 3.19. The molecule has 0 unspecified atom stereocenters. The summed E-state index contributed by atoms with van der Waals surface area (Å²) >= 11 is 0. The molecule has 0 aliphatic carbocycles. The van der Waals surface area contributed by atoms with E-state index in [1.54, 1.807) is 7.11 Å². The van der Waals surface area contributed by atoms with Gasteiger partial charge in [-0.25, -0.2) is 9.98 Å². The highest BCUT2D eigenvalue weighted by molar-refractivity contribution is 14.0. The number of piperidine rings is 1. The Bertz CT molecular complexity index is 818. The lowest BCUT2D eigenvalue weighted by molar-refractivity contribution is 0.00990. The van der Waals surface area contributed by atoms with Gasteiger partial charge in [-0.2, -0.15) is 0 Å². The number of nitrogens with zero attached hydrogens (tertiary/aromatic N) is 4. The van der Waals surface area contributed by atoms with Gasteiger partial charge in [-0.15, -0.1) is 24.0 Å². The van der Waals surface area contributed by atoms with Crippen molar-refractivity contribution in [3.63, 3.8) is 0 Å². The molecule has 0 spiro atoms. The molecule has 8 heteroatoms. The van der Waals surface area contributed by atoms with E-state index in [0.717, 1.165) is 70.4 Å². The first-order valence-electron chi connectivity index (χ1n) is 11.4. The first-order valence-corrected chi connectivity index (χ1v) is 11.4. The highest BCUT2D eigenvalue weighted by atomic mass is 127. The number of rotatable bonds is 10. The maximum atomic E-state index is 5.99. The van der Waals surface area contributed by atoms with E-state index in [1.807, 2.05) is 19.3 Å². The number of likely N-dealkylation sites (tertiary alicyclic amines) is 1. The molecule has 178 valence electrons. The number of halogens is 1. The number of aliphatic imine (C=N–C) groups is 1. The molecule has 1 aliphatic rings. The summed E-state index contributed by atoms with van der Waals surface area (Å²) < 4.78 is 13.2. The van der Waals surface area contributed by atoms with Crippen molar-refractivity contribution in [2.75, 3.05) is 40.0 Å². The Morgan fingerprint density at radius 2 is 2.00 bits per heavy atom. The fourth-order valence-electron chi connectivity index (χ4n) is 3.87. The molecule has 0 radical (unpaired) electrons. The van der Waals surface area contributed by atoms with E-state index in [4.69, 9.17) is 14.5 Å². The van der Waals surface area contributed by atoms with Crippen LogP contribution < -0.4 is 5.32 Å². The Kier molecular flexibility index (Phi) is 12.0. The molecule has 0 atom stereocenters. The predicted molar refractivity (Wildman–Crippen MR) is 140 cm³/mol. The molecule has 32 heavy (non-hydrogen) atoms. The summed E-state index contributed by atoms with van der Waals surface area (Å²) in [7, 11) is 1.73. The van der Waals surface area contributed by atoms with Crippen LogP contribution in [0.2, 0.25) is 0 Å². The molecule has 0 bridgehead atoms. The minimum Gasteiger partial charge on any atom is -0.385 e. The number of hydrogen-bond donors (Lipinski definition) is 1. The zero-order valence-corrected chi connectivity index (χ0v) is 22.0. The van der Waals surface area contributed by atoms with E-state index in [2.05, 4.69) is 51.0 Å². The normalized spacial score (nSPS) is 15.0. The lowest BCUT2D eigenvalue weighted by Crippen LogP contribution is -2.47. The fourth-order valence-corrected chi connectivity index (χ4v) is 3.87. The predicted octanol–water partition coefficient (Wildman–Crippen LogP) is 3.84. The van der Waals surface area contributed by atoms with Gasteiger partial charge in [0.25, 0.3) is 0 Å². The standard InChI is InChI=1S/C24H37N5O2.HI/c1-4-25-24(28-12-9-23(10-13-28)31-16-6-15-30-3)27-18-21-7-5-8-22(17-21)19-29-14-11-26-20(29)2;/h5,7-8,11,14,17,23H,4,6,9-10,12-13,15-16,18-19H2,1-3H3,(H,25,27);1H. The van der Waals surface area contributed by atoms with Crippen molar-refractivity contribution in [2.24, 2.45) is 4.99 Å². The molecule has 2 heterocycles. The molecule has 1 fully saturated rings. The molecule has 7 nitrogen and oxygen atoms in total. The molecular formula is C24H38IN5O2. The summed E-state index contributed by atoms with van der Waals surface area (Å²) in [5, 5.41) is 3.46. The summed E-state index contributed by atoms with van der Waals surface area (Å²) in [4.78, 5) is 11.6. The smallest absolute Gasteiger partial charge is 0.194 e. The van der Waals surface area contributed by atoms with Crippen LogP contribution in [-0.4, -0.2) is 66.5 Å². The van der Waals surface area contributed by atoms with Gasteiger partial charge >= 0.3 is 0 Å². The maximum absolute atomic E-state index is 5.99. The van der Waals surface area contributed by atoms with Crippen molar-refractivity contribution >= 4 is 29.9 Å². The second-order valence-electron chi connectivity index (χ2n) is 8.00. The summed E-state index contributed by atoms with van der Waals surface area (Å²) in [6.07, 6.45) is 7.25. The number of hydrogen-bond acceptors (Lipinski definition) is 4. The van der Waals surface area contributed by atoms with Crippen molar-refractivity contribution in [1.82, 2.24) is 19.8 Å². The van der Waals surface area contributed by atoms with Crippen LogP contribution in [0, 0.1) is 6.92 Å². The fraction of sp³-hybridized carbons (Fsp3) is 0.583. The van der Waals surface area contributed by atoms with Gasteiger partial charge in [-0.3, -0.25) is 0 Å². The third-order valence-electron chi connectivity index (χ3n) is 5.60. The topological polar surface area (TPSA) is 63.9 Å². The van der Waals surface area contributed by atoms with Crippen LogP contribution in [0.5, 0.6) is 0 Å². The number of ether oxygens (including phenoxy) is 2. The molecule has 0 saturated carbocycles. The molecule has 1 N–H and O–H groups in total. The molecule has 0 amide bonds. The van der Waals surface area contributed by atoms with Crippen LogP contribution in [0.1, 0.15) is 43.1 Å². The van der Waals surface area contributed by atoms with Crippen LogP contribution in [0.4, 0.5) is 0 Å². The van der Waals surface area contributed by atoms with E-state index in [0.29, 0.717) is 12.6 Å². The minimum atomic E-state index is 0. The lowest BCUT2D eigenvalue weighted by Gasteiger charge is -2.34. The molecule has 1 aromatic carbocycles. The number of imidazole rings is 1. The van der Waals surface area contributed by atoms with Gasteiger partial charge in [-0.1, -0.05) is 24.3 Å². The van der Waals surface area contributed by atoms with E-state index >= 15 is 0 Å². The summed E-state index contributed by atoms with van der Waals surface area (Å²) in [5.41, 5.74) is 2.49. The average molecular weight is 556 g/mol. The van der Waals surface area contributed by atoms with Gasteiger partial charge in [0.1, 0.15) is 5.82 Å².